The average molecular weight is 967 g/mol. The molecule has 7 aliphatic rings. The van der Waals surface area contributed by atoms with Crippen molar-refractivity contribution in [2.75, 3.05) is 72.4 Å². The van der Waals surface area contributed by atoms with E-state index in [0.29, 0.717) is 41.9 Å². The van der Waals surface area contributed by atoms with E-state index in [9.17, 15) is 33.9 Å². The zero-order valence-electron chi connectivity index (χ0n) is 40.6. The molecule has 6 amide bonds. The van der Waals surface area contributed by atoms with Crippen molar-refractivity contribution in [2.45, 2.75) is 109 Å². The molecular formula is C52H62N12O7. The summed E-state index contributed by atoms with van der Waals surface area (Å²) < 4.78 is 2.22. The van der Waals surface area contributed by atoms with Crippen LogP contribution in [0.25, 0.3) is 0 Å². The standard InChI is InChI=1S/C52H62N12O7/c1-30-28-59(32-12-15-58(16-13-32)33-6-8-36-37(22-33)50(70)64(49(36)69)40-9-11-45(66)57-48(40)68)17-18-60(30)34-7-10-44(54-26-34)56-38-23-35(27-55-46(38)47(53)67)61-14-4-5-39(43(61)29-65)63-20-19-62-41(51(63)71)21-31-24-52(2,3)25-42(31)62/h6-8,10,21-23,26-27,30,32,39-40,43,65H,4-5,9,11-20,24-25,28-29H2,1-3H3,(H2,53,67)(H,54,56)(H,57,66,68)/t30-,39-,40?,43+/m0/s1. The summed E-state index contributed by atoms with van der Waals surface area (Å²) in [6.45, 7) is 12.7. The van der Waals surface area contributed by atoms with Crippen molar-refractivity contribution < 1.29 is 33.9 Å². The van der Waals surface area contributed by atoms with Gasteiger partial charge in [0.1, 0.15) is 17.6 Å². The third-order valence-electron chi connectivity index (χ3n) is 16.2. The van der Waals surface area contributed by atoms with E-state index in [4.69, 9.17) is 10.7 Å². The number of benzene rings is 1. The number of nitrogens with zero attached hydrogens (tertiary/aromatic N) is 9. The fourth-order valence-corrected chi connectivity index (χ4v) is 12.7. The summed E-state index contributed by atoms with van der Waals surface area (Å²) in [6.07, 6.45) is 9.06. The Hall–Kier alpha value is -6.86. The predicted octanol–water partition coefficient (Wildman–Crippen LogP) is 3.31. The van der Waals surface area contributed by atoms with Gasteiger partial charge < -0.3 is 40.3 Å². The molecule has 0 saturated carbocycles. The second kappa shape index (κ2) is 18.1. The fourth-order valence-electron chi connectivity index (χ4n) is 12.7. The van der Waals surface area contributed by atoms with E-state index in [0.717, 1.165) is 99.8 Å². The Balaban J connectivity index is 0.707. The van der Waals surface area contributed by atoms with E-state index in [2.05, 4.69) is 66.6 Å². The highest BCUT2D eigenvalue weighted by molar-refractivity contribution is 6.23. The number of amides is 6. The number of rotatable bonds is 10. The van der Waals surface area contributed by atoms with Gasteiger partial charge in [-0.15, -0.1) is 0 Å². The lowest BCUT2D eigenvalue weighted by molar-refractivity contribution is -0.136. The molecule has 19 nitrogen and oxygen atoms in total. The van der Waals surface area contributed by atoms with E-state index >= 15 is 0 Å². The molecule has 0 radical (unpaired) electrons. The van der Waals surface area contributed by atoms with Crippen LogP contribution in [0.4, 0.5) is 28.6 Å². The number of carbonyl (C=O) groups excluding carboxylic acids is 6. The largest absolute Gasteiger partial charge is 0.394 e. The quantitative estimate of drug-likeness (QED) is 0.168. The molecule has 372 valence electrons. The molecule has 5 N–H and O–H groups in total. The van der Waals surface area contributed by atoms with Gasteiger partial charge in [0.25, 0.3) is 23.6 Å². The fraction of sp³-hybridized carbons (Fsp3) is 0.500. The van der Waals surface area contributed by atoms with Crippen LogP contribution in [0.1, 0.15) is 112 Å². The Labute approximate surface area is 412 Å². The number of piperidine rings is 3. The van der Waals surface area contributed by atoms with E-state index in [1.54, 1.807) is 18.3 Å². The van der Waals surface area contributed by atoms with Crippen LogP contribution in [0.15, 0.2) is 54.9 Å². The van der Waals surface area contributed by atoms with Gasteiger partial charge in [-0.1, -0.05) is 13.8 Å². The minimum Gasteiger partial charge on any atom is -0.394 e. The lowest BCUT2D eigenvalue weighted by Crippen LogP contribution is -2.60. The lowest BCUT2D eigenvalue weighted by Gasteiger charge is -2.47. The Bertz CT molecular complexity index is 2840. The minimum absolute atomic E-state index is 0.0141. The molecule has 1 aliphatic carbocycles. The molecule has 3 aromatic heterocycles. The number of imide groups is 2. The molecule has 4 atom stereocenters. The first-order valence-corrected chi connectivity index (χ1v) is 25.2. The Morgan fingerprint density at radius 1 is 0.803 bits per heavy atom. The minimum atomic E-state index is -0.994. The van der Waals surface area contributed by atoms with Crippen molar-refractivity contribution in [3.8, 4) is 0 Å². The second-order valence-corrected chi connectivity index (χ2v) is 21.2. The first-order chi connectivity index (χ1) is 34.2. The predicted molar refractivity (Wildman–Crippen MR) is 265 cm³/mol. The number of fused-ring (bicyclic) bond motifs is 4. The third kappa shape index (κ3) is 8.35. The van der Waals surface area contributed by atoms with Crippen LogP contribution in [0.3, 0.4) is 0 Å². The number of aliphatic hydroxyl groups excluding tert-OH is 1. The molecule has 9 heterocycles. The van der Waals surface area contributed by atoms with Gasteiger partial charge in [0.05, 0.1) is 59.3 Å². The van der Waals surface area contributed by atoms with Crippen molar-refractivity contribution in [2.24, 2.45) is 11.1 Å². The van der Waals surface area contributed by atoms with E-state index in [-0.39, 0.29) is 60.2 Å². The van der Waals surface area contributed by atoms with Gasteiger partial charge in [-0.25, -0.2) is 9.97 Å². The smallest absolute Gasteiger partial charge is 0.270 e. The van der Waals surface area contributed by atoms with Crippen molar-refractivity contribution >= 4 is 64.0 Å². The van der Waals surface area contributed by atoms with Crippen molar-refractivity contribution in [3.05, 3.63) is 88.6 Å². The zero-order valence-corrected chi connectivity index (χ0v) is 40.6. The lowest BCUT2D eigenvalue weighted by atomic mass is 9.90. The molecule has 19 heteroatoms. The molecule has 11 rings (SSSR count). The van der Waals surface area contributed by atoms with Gasteiger partial charge in [0.2, 0.25) is 11.8 Å². The number of hydrogen-bond donors (Lipinski definition) is 4. The number of piperazine rings is 1. The van der Waals surface area contributed by atoms with Gasteiger partial charge in [0.15, 0.2) is 5.69 Å². The molecule has 71 heavy (non-hydrogen) atoms. The topological polar surface area (TPSA) is 223 Å². The summed E-state index contributed by atoms with van der Waals surface area (Å²) in [5, 5.41) is 16.5. The SMILES string of the molecule is C[C@H]1CN(C2CCN(c3ccc4c(c3)C(=O)N(C3CCC(=O)NC3=O)C4=O)CC2)CCN1c1ccc(Nc2cc(N3CCC[C@H](N4CCn5c(cc6c5CC(C)(C)C6)C4=O)[C@H]3CO)cnc2C(N)=O)nc1. The molecule has 1 aromatic carbocycles. The van der Waals surface area contributed by atoms with E-state index < -0.39 is 35.6 Å². The first kappa shape index (κ1) is 46.5. The summed E-state index contributed by atoms with van der Waals surface area (Å²) in [5.74, 6) is -2.17. The normalized spacial score (nSPS) is 24.8. The summed E-state index contributed by atoms with van der Waals surface area (Å²) in [7, 11) is 0. The van der Waals surface area contributed by atoms with Gasteiger partial charge in [-0.05, 0) is 105 Å². The third-order valence-corrected chi connectivity index (χ3v) is 16.2. The Kier molecular flexibility index (Phi) is 11.8. The number of aromatic nitrogens is 3. The molecule has 1 unspecified atom stereocenters. The number of anilines is 5. The van der Waals surface area contributed by atoms with E-state index in [1.165, 1.54) is 11.3 Å². The molecule has 4 aromatic rings. The molecular weight excluding hydrogens is 905 g/mol. The maximum absolute atomic E-state index is 14.1. The number of hydrogen-bond acceptors (Lipinski definition) is 14. The van der Waals surface area contributed by atoms with Crippen LogP contribution in [0, 0.1) is 5.41 Å². The number of primary amides is 1. The average Bonchev–Trinajstić information content (AvgIpc) is 3.95. The summed E-state index contributed by atoms with van der Waals surface area (Å²) in [6, 6.07) is 12.2. The highest BCUT2D eigenvalue weighted by atomic mass is 16.3. The van der Waals surface area contributed by atoms with Crippen LogP contribution in [0.2, 0.25) is 0 Å². The van der Waals surface area contributed by atoms with Gasteiger partial charge in [-0.2, -0.15) is 0 Å². The molecule has 4 saturated heterocycles. The van der Waals surface area contributed by atoms with Gasteiger partial charge in [-0.3, -0.25) is 43.9 Å². The number of nitrogens with one attached hydrogen (secondary N) is 2. The van der Waals surface area contributed by atoms with Crippen LogP contribution >= 0.6 is 0 Å². The number of pyridine rings is 2. The van der Waals surface area contributed by atoms with Crippen LogP contribution in [-0.2, 0) is 29.0 Å². The molecule has 0 bridgehead atoms. The molecule has 4 fully saturated rings. The monoisotopic (exact) mass is 966 g/mol. The number of nitrogens with two attached hydrogens (primary N) is 1. The van der Waals surface area contributed by atoms with Crippen molar-refractivity contribution in [1.82, 2.24) is 34.6 Å². The van der Waals surface area contributed by atoms with Gasteiger partial charge in [0, 0.05) is 82.2 Å². The number of carbonyl (C=O) groups is 6. The Morgan fingerprint density at radius 2 is 1.56 bits per heavy atom. The van der Waals surface area contributed by atoms with Crippen molar-refractivity contribution in [1.29, 1.82) is 0 Å². The number of aliphatic hydroxyl groups is 1. The summed E-state index contributed by atoms with van der Waals surface area (Å²) in [5.41, 5.74) is 13.0. The van der Waals surface area contributed by atoms with Crippen molar-refractivity contribution in [3.63, 3.8) is 0 Å². The highest BCUT2D eigenvalue weighted by Gasteiger charge is 2.46. The van der Waals surface area contributed by atoms with Crippen LogP contribution in [0.5, 0.6) is 0 Å². The maximum Gasteiger partial charge on any atom is 0.270 e. The van der Waals surface area contributed by atoms with Gasteiger partial charge >= 0.3 is 0 Å². The second-order valence-electron chi connectivity index (χ2n) is 21.2. The summed E-state index contributed by atoms with van der Waals surface area (Å²) in [4.78, 5) is 99.3. The van der Waals surface area contributed by atoms with E-state index in [1.807, 2.05) is 35.4 Å². The molecule has 6 aliphatic heterocycles. The maximum atomic E-state index is 14.1. The Morgan fingerprint density at radius 3 is 2.30 bits per heavy atom. The summed E-state index contributed by atoms with van der Waals surface area (Å²) >= 11 is 0. The first-order valence-electron chi connectivity index (χ1n) is 25.2. The highest BCUT2D eigenvalue weighted by Crippen LogP contribution is 2.41. The van der Waals surface area contributed by atoms with Crippen LogP contribution in [-0.4, -0.2) is 152 Å². The molecule has 0 spiro atoms. The van der Waals surface area contributed by atoms with Crippen LogP contribution < -0.4 is 31.1 Å². The zero-order chi connectivity index (χ0) is 49.5.